The van der Waals surface area contributed by atoms with E-state index in [1.807, 2.05) is 30.5 Å². The van der Waals surface area contributed by atoms with Crippen molar-refractivity contribution in [3.05, 3.63) is 24.3 Å². The lowest BCUT2D eigenvalue weighted by molar-refractivity contribution is 0.339. The van der Waals surface area contributed by atoms with Crippen molar-refractivity contribution in [3.8, 4) is 0 Å². The Kier molecular flexibility index (Phi) is 5.29. The lowest BCUT2D eigenvalue weighted by Crippen LogP contribution is -2.41. The fourth-order valence-electron chi connectivity index (χ4n) is 2.13. The Morgan fingerprint density at radius 1 is 1.10 bits per heavy atom. The van der Waals surface area contributed by atoms with Crippen molar-refractivity contribution in [3.63, 3.8) is 0 Å². The van der Waals surface area contributed by atoms with E-state index in [0.717, 1.165) is 31.6 Å². The highest BCUT2D eigenvalue weighted by Crippen LogP contribution is 2.19. The molecule has 1 heterocycles. The molecule has 1 aliphatic heterocycles. The summed E-state index contributed by atoms with van der Waals surface area (Å²) < 4.78 is 0. The van der Waals surface area contributed by atoms with Crippen molar-refractivity contribution >= 4 is 29.4 Å². The van der Waals surface area contributed by atoms with Gasteiger partial charge in [-0.05, 0) is 49.8 Å². The maximum absolute atomic E-state index is 5.96. The summed E-state index contributed by atoms with van der Waals surface area (Å²) in [4.78, 5) is 11.7. The third-order valence-corrected chi connectivity index (χ3v) is 3.97. The van der Waals surface area contributed by atoms with E-state index >= 15 is 0 Å². The number of aliphatic imine (C=N–C) groups is 2. The van der Waals surface area contributed by atoms with Gasteiger partial charge in [0, 0.05) is 18.0 Å². The van der Waals surface area contributed by atoms with Gasteiger partial charge < -0.3 is 16.4 Å². The van der Waals surface area contributed by atoms with E-state index in [1.165, 1.54) is 11.3 Å². The van der Waals surface area contributed by atoms with Gasteiger partial charge in [-0.1, -0.05) is 0 Å². The molecule has 108 valence electrons. The number of likely N-dealkylation sites (tertiary alicyclic amines) is 1. The van der Waals surface area contributed by atoms with Crippen LogP contribution in [0.4, 0.5) is 5.69 Å². The van der Waals surface area contributed by atoms with Crippen molar-refractivity contribution in [2.45, 2.75) is 24.2 Å². The van der Waals surface area contributed by atoms with Crippen molar-refractivity contribution in [1.29, 1.82) is 0 Å². The summed E-state index contributed by atoms with van der Waals surface area (Å²) in [6.07, 6.45) is 5.61. The molecule has 0 aliphatic carbocycles. The minimum atomic E-state index is 0.199. The van der Waals surface area contributed by atoms with E-state index in [4.69, 9.17) is 11.5 Å². The van der Waals surface area contributed by atoms with Crippen LogP contribution in [-0.2, 0) is 0 Å². The van der Waals surface area contributed by atoms with Gasteiger partial charge in [0.15, 0.2) is 5.96 Å². The van der Waals surface area contributed by atoms with Crippen LogP contribution in [-0.4, -0.2) is 36.2 Å². The molecule has 1 fully saturated rings. The SMILES string of the molecule is CSc1ccc(N=C(N)N=C(N)N2CCCCC2)cc1. The normalized spacial score (nSPS) is 17.4. The van der Waals surface area contributed by atoms with Crippen LogP contribution in [0.25, 0.3) is 0 Å². The summed E-state index contributed by atoms with van der Waals surface area (Å²) in [6, 6.07) is 7.86. The molecular weight excluding hydrogens is 270 g/mol. The lowest BCUT2D eigenvalue weighted by Gasteiger charge is -2.27. The fourth-order valence-corrected chi connectivity index (χ4v) is 2.53. The zero-order chi connectivity index (χ0) is 14.4. The fraction of sp³-hybridized carbons (Fsp3) is 0.429. The molecule has 5 nitrogen and oxygen atoms in total. The molecule has 20 heavy (non-hydrogen) atoms. The van der Waals surface area contributed by atoms with Crippen molar-refractivity contribution in [2.75, 3.05) is 19.3 Å². The molecule has 4 N–H and O–H groups in total. The maximum Gasteiger partial charge on any atom is 0.223 e. The first-order chi connectivity index (χ1) is 9.69. The lowest BCUT2D eigenvalue weighted by atomic mass is 10.1. The monoisotopic (exact) mass is 291 g/mol. The number of hydrogen-bond donors (Lipinski definition) is 2. The molecule has 0 aromatic heterocycles. The summed E-state index contributed by atoms with van der Waals surface area (Å²) in [6.45, 7) is 1.90. The smallest absolute Gasteiger partial charge is 0.223 e. The predicted octanol–water partition coefficient (Wildman–Crippen LogP) is 2.16. The summed E-state index contributed by atoms with van der Waals surface area (Å²) in [7, 11) is 0. The molecule has 0 radical (unpaired) electrons. The van der Waals surface area contributed by atoms with Gasteiger partial charge in [-0.15, -0.1) is 11.8 Å². The Bertz CT molecular complexity index is 489. The first-order valence-corrected chi connectivity index (χ1v) is 7.99. The molecule has 0 unspecified atom stereocenters. The Labute approximate surface area is 124 Å². The highest BCUT2D eigenvalue weighted by atomic mass is 32.2. The van der Waals surface area contributed by atoms with Gasteiger partial charge in [0.25, 0.3) is 0 Å². The standard InChI is InChI=1S/C14H21N5S/c1-20-12-7-5-11(6-8-12)17-13(15)18-14(16)19-9-3-2-4-10-19/h5-8H,2-4,9-10H2,1H3,(H4,15,16,17,18). The van der Waals surface area contributed by atoms with E-state index in [-0.39, 0.29) is 5.96 Å². The average molecular weight is 291 g/mol. The van der Waals surface area contributed by atoms with Gasteiger partial charge in [0.05, 0.1) is 5.69 Å². The predicted molar refractivity (Wildman–Crippen MR) is 86.6 cm³/mol. The van der Waals surface area contributed by atoms with Gasteiger partial charge in [0.2, 0.25) is 5.96 Å². The number of hydrogen-bond acceptors (Lipinski definition) is 2. The summed E-state index contributed by atoms with van der Waals surface area (Å²) in [5.74, 6) is 0.664. The summed E-state index contributed by atoms with van der Waals surface area (Å²) in [5.41, 5.74) is 12.6. The molecule has 0 amide bonds. The maximum atomic E-state index is 5.96. The van der Waals surface area contributed by atoms with Crippen molar-refractivity contribution < 1.29 is 0 Å². The summed E-state index contributed by atoms with van der Waals surface area (Å²) in [5, 5.41) is 0. The third-order valence-electron chi connectivity index (χ3n) is 3.23. The first kappa shape index (κ1) is 14.7. The molecule has 1 aromatic carbocycles. The van der Waals surface area contributed by atoms with Crippen LogP contribution in [0.1, 0.15) is 19.3 Å². The van der Waals surface area contributed by atoms with Gasteiger partial charge in [-0.2, -0.15) is 4.99 Å². The number of benzene rings is 1. The number of guanidine groups is 2. The second-order valence-corrected chi connectivity index (χ2v) is 5.57. The minimum absolute atomic E-state index is 0.199. The highest BCUT2D eigenvalue weighted by molar-refractivity contribution is 7.98. The Morgan fingerprint density at radius 2 is 1.75 bits per heavy atom. The highest BCUT2D eigenvalue weighted by Gasteiger charge is 2.12. The van der Waals surface area contributed by atoms with Crippen LogP contribution in [0, 0.1) is 0 Å². The minimum Gasteiger partial charge on any atom is -0.369 e. The molecule has 0 atom stereocenters. The molecule has 6 heteroatoms. The van der Waals surface area contributed by atoms with Crippen LogP contribution in [0.3, 0.4) is 0 Å². The largest absolute Gasteiger partial charge is 0.369 e. The van der Waals surface area contributed by atoms with E-state index in [2.05, 4.69) is 14.9 Å². The van der Waals surface area contributed by atoms with Crippen LogP contribution < -0.4 is 11.5 Å². The number of thioether (sulfide) groups is 1. The second-order valence-electron chi connectivity index (χ2n) is 4.69. The average Bonchev–Trinajstić information content (AvgIpc) is 2.49. The molecule has 2 rings (SSSR count). The van der Waals surface area contributed by atoms with Gasteiger partial charge in [-0.3, -0.25) is 0 Å². The molecule has 0 bridgehead atoms. The Hall–Kier alpha value is -1.69. The Balaban J connectivity index is 2.04. The van der Waals surface area contributed by atoms with Crippen molar-refractivity contribution in [1.82, 2.24) is 4.90 Å². The molecule has 1 saturated heterocycles. The van der Waals surface area contributed by atoms with Gasteiger partial charge in [-0.25, -0.2) is 4.99 Å². The van der Waals surface area contributed by atoms with E-state index < -0.39 is 0 Å². The molecule has 0 saturated carbocycles. The van der Waals surface area contributed by atoms with Gasteiger partial charge in [0.1, 0.15) is 0 Å². The molecule has 0 spiro atoms. The molecule has 1 aromatic rings. The Morgan fingerprint density at radius 3 is 2.35 bits per heavy atom. The third kappa shape index (κ3) is 4.16. The van der Waals surface area contributed by atoms with Crippen LogP contribution in [0.2, 0.25) is 0 Å². The van der Waals surface area contributed by atoms with E-state index in [0.29, 0.717) is 5.96 Å². The molecule has 1 aliphatic rings. The zero-order valence-corrected chi connectivity index (χ0v) is 12.6. The van der Waals surface area contributed by atoms with Gasteiger partial charge >= 0.3 is 0 Å². The van der Waals surface area contributed by atoms with Crippen LogP contribution in [0.5, 0.6) is 0 Å². The number of nitrogens with zero attached hydrogens (tertiary/aromatic N) is 3. The zero-order valence-electron chi connectivity index (χ0n) is 11.7. The second kappa shape index (κ2) is 7.19. The van der Waals surface area contributed by atoms with E-state index in [9.17, 15) is 0 Å². The van der Waals surface area contributed by atoms with Crippen LogP contribution in [0.15, 0.2) is 39.1 Å². The van der Waals surface area contributed by atoms with E-state index in [1.54, 1.807) is 11.8 Å². The quantitative estimate of drug-likeness (QED) is 0.497. The van der Waals surface area contributed by atoms with Crippen LogP contribution >= 0.6 is 11.8 Å². The number of piperidine rings is 1. The number of rotatable bonds is 2. The molecular formula is C14H21N5S. The summed E-state index contributed by atoms with van der Waals surface area (Å²) >= 11 is 1.69. The number of nitrogens with two attached hydrogens (primary N) is 2. The first-order valence-electron chi connectivity index (χ1n) is 6.76. The topological polar surface area (TPSA) is 80.0 Å². The van der Waals surface area contributed by atoms with Crippen molar-refractivity contribution in [2.24, 2.45) is 21.5 Å².